The van der Waals surface area contributed by atoms with Crippen molar-refractivity contribution in [1.82, 2.24) is 24.5 Å². The molecule has 2 aromatic heterocycles. The van der Waals surface area contributed by atoms with Gasteiger partial charge in [-0.25, -0.2) is 4.98 Å². The molecule has 0 N–H and O–H groups in total. The van der Waals surface area contributed by atoms with Crippen molar-refractivity contribution in [2.75, 3.05) is 31.1 Å². The van der Waals surface area contributed by atoms with Crippen molar-refractivity contribution in [2.24, 2.45) is 0 Å². The number of anilines is 1. The normalized spacial score (nSPS) is 15.9. The quantitative estimate of drug-likeness (QED) is 0.515. The van der Waals surface area contributed by atoms with Crippen molar-refractivity contribution in [3.8, 4) is 0 Å². The van der Waals surface area contributed by atoms with Gasteiger partial charge in [0.2, 0.25) is 0 Å². The van der Waals surface area contributed by atoms with Gasteiger partial charge in [-0.1, -0.05) is 18.2 Å². The third-order valence-electron chi connectivity index (χ3n) is 5.50. The predicted octanol–water partition coefficient (Wildman–Crippen LogP) is 3.62. The minimum atomic E-state index is -4.33. The Morgan fingerprint density at radius 2 is 1.70 bits per heavy atom. The molecule has 0 spiro atoms. The Morgan fingerprint density at radius 3 is 2.50 bits per heavy atom. The number of alkyl halides is 3. The van der Waals surface area contributed by atoms with E-state index in [1.807, 2.05) is 33.6 Å². The van der Waals surface area contributed by atoms with E-state index < -0.39 is 11.7 Å². The first-order chi connectivity index (χ1) is 14.5. The molecule has 1 fully saturated rings. The fraction of sp³-hybridized carbons (Fsp3) is 0.286. The largest absolute Gasteiger partial charge is 0.416 e. The fourth-order valence-electron chi connectivity index (χ4n) is 3.87. The predicted molar refractivity (Wildman–Crippen MR) is 107 cm³/mol. The highest BCUT2D eigenvalue weighted by Crippen LogP contribution is 2.32. The van der Waals surface area contributed by atoms with E-state index >= 15 is 0 Å². The molecule has 0 bridgehead atoms. The summed E-state index contributed by atoms with van der Waals surface area (Å²) in [7, 11) is 0. The van der Waals surface area contributed by atoms with E-state index in [-0.39, 0.29) is 0 Å². The van der Waals surface area contributed by atoms with Crippen LogP contribution in [0.25, 0.3) is 16.6 Å². The van der Waals surface area contributed by atoms with Crippen LogP contribution in [-0.2, 0) is 12.7 Å². The van der Waals surface area contributed by atoms with Crippen molar-refractivity contribution >= 4 is 22.2 Å². The van der Waals surface area contributed by atoms with Crippen molar-refractivity contribution in [3.05, 3.63) is 66.2 Å². The van der Waals surface area contributed by atoms with Gasteiger partial charge in [0.25, 0.3) is 0 Å². The van der Waals surface area contributed by atoms with Gasteiger partial charge in [0.15, 0.2) is 11.5 Å². The van der Waals surface area contributed by atoms with E-state index in [0.717, 1.165) is 41.5 Å². The first-order valence-electron chi connectivity index (χ1n) is 9.71. The van der Waals surface area contributed by atoms with Gasteiger partial charge < -0.3 is 4.90 Å². The van der Waals surface area contributed by atoms with Crippen LogP contribution < -0.4 is 4.90 Å². The number of halogens is 3. The van der Waals surface area contributed by atoms with Crippen LogP contribution in [0.2, 0.25) is 0 Å². The summed E-state index contributed by atoms with van der Waals surface area (Å²) in [6, 6.07) is 13.3. The number of piperazine rings is 1. The Balaban J connectivity index is 1.29. The van der Waals surface area contributed by atoms with Gasteiger partial charge >= 0.3 is 6.18 Å². The molecular weight excluding hydrogens is 393 g/mol. The number of benzene rings is 2. The molecule has 0 radical (unpaired) electrons. The van der Waals surface area contributed by atoms with Crippen LogP contribution in [0.5, 0.6) is 0 Å². The highest BCUT2D eigenvalue weighted by atomic mass is 19.4. The van der Waals surface area contributed by atoms with Gasteiger partial charge in [-0.3, -0.25) is 9.30 Å². The molecule has 0 saturated carbocycles. The minimum Gasteiger partial charge on any atom is -0.369 e. The smallest absolute Gasteiger partial charge is 0.369 e. The maximum absolute atomic E-state index is 13.0. The molecule has 4 aromatic rings. The molecule has 5 rings (SSSR count). The second-order valence-electron chi connectivity index (χ2n) is 7.38. The maximum Gasteiger partial charge on any atom is 0.416 e. The van der Waals surface area contributed by atoms with E-state index in [1.54, 1.807) is 12.4 Å². The number of aromatic nitrogens is 4. The molecule has 0 unspecified atom stereocenters. The summed E-state index contributed by atoms with van der Waals surface area (Å²) in [5.41, 5.74) is 1.64. The summed E-state index contributed by atoms with van der Waals surface area (Å²) in [6.07, 6.45) is -2.59. The number of hydrogen-bond donors (Lipinski definition) is 0. The van der Waals surface area contributed by atoms with E-state index in [4.69, 9.17) is 0 Å². The van der Waals surface area contributed by atoms with Crippen molar-refractivity contribution in [1.29, 1.82) is 0 Å². The SMILES string of the molecule is FC(F)(F)c1cccc(N2CCN(Cc3nnc4c5ccccc5ncn34)CC2)c1. The molecule has 2 aromatic carbocycles. The van der Waals surface area contributed by atoms with Crippen LogP contribution in [0.4, 0.5) is 18.9 Å². The summed E-state index contributed by atoms with van der Waals surface area (Å²) in [5, 5.41) is 9.64. The van der Waals surface area contributed by atoms with Crippen LogP contribution in [0.15, 0.2) is 54.9 Å². The molecule has 3 heterocycles. The second kappa shape index (κ2) is 7.24. The molecule has 1 aliphatic rings. The summed E-state index contributed by atoms with van der Waals surface area (Å²) in [6.45, 7) is 3.37. The molecule has 0 amide bonds. The first-order valence-corrected chi connectivity index (χ1v) is 9.71. The van der Waals surface area contributed by atoms with Crippen molar-refractivity contribution in [2.45, 2.75) is 12.7 Å². The van der Waals surface area contributed by atoms with E-state index in [9.17, 15) is 13.2 Å². The fourth-order valence-corrected chi connectivity index (χ4v) is 3.87. The lowest BCUT2D eigenvalue weighted by atomic mass is 10.1. The molecule has 9 heteroatoms. The topological polar surface area (TPSA) is 49.6 Å². The zero-order chi connectivity index (χ0) is 20.7. The highest BCUT2D eigenvalue weighted by Gasteiger charge is 2.31. The van der Waals surface area contributed by atoms with Gasteiger partial charge in [-0.2, -0.15) is 13.2 Å². The van der Waals surface area contributed by atoms with Crippen molar-refractivity contribution in [3.63, 3.8) is 0 Å². The van der Waals surface area contributed by atoms with Crippen LogP contribution >= 0.6 is 0 Å². The van der Waals surface area contributed by atoms with E-state index in [2.05, 4.69) is 20.1 Å². The van der Waals surface area contributed by atoms with Crippen LogP contribution in [-0.4, -0.2) is 50.7 Å². The summed E-state index contributed by atoms with van der Waals surface area (Å²) >= 11 is 0. The zero-order valence-corrected chi connectivity index (χ0v) is 16.0. The van der Waals surface area contributed by atoms with E-state index in [0.29, 0.717) is 25.3 Å². The number of para-hydroxylation sites is 1. The van der Waals surface area contributed by atoms with Gasteiger partial charge in [0, 0.05) is 37.3 Å². The van der Waals surface area contributed by atoms with Crippen LogP contribution in [0, 0.1) is 0 Å². The molecule has 30 heavy (non-hydrogen) atoms. The zero-order valence-electron chi connectivity index (χ0n) is 16.0. The van der Waals surface area contributed by atoms with E-state index in [1.165, 1.54) is 12.1 Å². The Hall–Kier alpha value is -3.20. The molecular formula is C21H19F3N6. The number of nitrogens with zero attached hydrogens (tertiary/aromatic N) is 6. The minimum absolute atomic E-state index is 0.605. The maximum atomic E-state index is 13.0. The first kappa shape index (κ1) is 18.8. The lowest BCUT2D eigenvalue weighted by Gasteiger charge is -2.36. The number of fused-ring (bicyclic) bond motifs is 3. The average molecular weight is 412 g/mol. The summed E-state index contributed by atoms with van der Waals surface area (Å²) in [5.74, 6) is 0.802. The molecule has 1 saturated heterocycles. The lowest BCUT2D eigenvalue weighted by Crippen LogP contribution is -2.46. The van der Waals surface area contributed by atoms with Gasteiger partial charge in [0.1, 0.15) is 6.33 Å². The molecule has 0 aliphatic carbocycles. The molecule has 1 aliphatic heterocycles. The monoisotopic (exact) mass is 412 g/mol. The summed E-state index contributed by atoms with van der Waals surface area (Å²) < 4.78 is 40.9. The molecule has 154 valence electrons. The average Bonchev–Trinajstić information content (AvgIpc) is 3.17. The van der Waals surface area contributed by atoms with Crippen molar-refractivity contribution < 1.29 is 13.2 Å². The second-order valence-corrected chi connectivity index (χ2v) is 7.38. The standard InChI is InChI=1S/C21H19F3N6/c22-21(23,24)15-4-3-5-16(12-15)29-10-8-28(9-11-29)13-19-26-27-20-17-6-1-2-7-18(17)25-14-30(19)20/h1-7,12,14H,8-11,13H2. The Morgan fingerprint density at radius 1 is 0.900 bits per heavy atom. The van der Waals surface area contributed by atoms with Crippen LogP contribution in [0.3, 0.4) is 0 Å². The third-order valence-corrected chi connectivity index (χ3v) is 5.50. The Labute approximate surface area is 170 Å². The third kappa shape index (κ3) is 3.45. The Bertz CT molecular complexity index is 1190. The van der Waals surface area contributed by atoms with Crippen LogP contribution in [0.1, 0.15) is 11.4 Å². The molecule has 6 nitrogen and oxygen atoms in total. The van der Waals surface area contributed by atoms with Gasteiger partial charge in [-0.15, -0.1) is 10.2 Å². The summed E-state index contributed by atoms with van der Waals surface area (Å²) in [4.78, 5) is 8.70. The number of rotatable bonds is 3. The Kier molecular flexibility index (Phi) is 4.54. The highest BCUT2D eigenvalue weighted by molar-refractivity contribution is 5.90. The lowest BCUT2D eigenvalue weighted by molar-refractivity contribution is -0.137. The van der Waals surface area contributed by atoms with Gasteiger partial charge in [-0.05, 0) is 30.3 Å². The van der Waals surface area contributed by atoms with Gasteiger partial charge in [0.05, 0.1) is 17.6 Å². The molecule has 0 atom stereocenters. The number of hydrogen-bond acceptors (Lipinski definition) is 5.